The third-order valence-corrected chi connectivity index (χ3v) is 4.99. The zero-order valence-electron chi connectivity index (χ0n) is 18.1. The van der Waals surface area contributed by atoms with Gasteiger partial charge in [0.25, 0.3) is 11.6 Å². The summed E-state index contributed by atoms with van der Waals surface area (Å²) in [6, 6.07) is 9.12. The normalized spacial score (nSPS) is 11.6. The predicted molar refractivity (Wildman–Crippen MR) is 115 cm³/mol. The van der Waals surface area contributed by atoms with Gasteiger partial charge in [-0.2, -0.15) is 0 Å². The molecule has 0 fully saturated rings. The average Bonchev–Trinajstić information content (AvgIpc) is 3.37. The Balaban J connectivity index is 1.71. The highest BCUT2D eigenvalue weighted by molar-refractivity contribution is 5.98. The van der Waals surface area contributed by atoms with Crippen molar-refractivity contribution in [2.24, 2.45) is 0 Å². The number of anilines is 1. The second kappa shape index (κ2) is 9.38. The van der Waals surface area contributed by atoms with Gasteiger partial charge < -0.3 is 23.8 Å². The van der Waals surface area contributed by atoms with E-state index in [2.05, 4.69) is 5.32 Å². The average molecular weight is 441 g/mol. The number of hydrogen-bond acceptors (Lipinski definition) is 7. The first-order chi connectivity index (χ1) is 15.2. The number of nitrogens with one attached hydrogen (secondary N) is 1. The number of nitro benzene ring substituents is 1. The van der Waals surface area contributed by atoms with E-state index in [9.17, 15) is 19.7 Å². The van der Waals surface area contributed by atoms with Crippen LogP contribution in [-0.4, -0.2) is 34.6 Å². The van der Waals surface area contributed by atoms with Gasteiger partial charge in [-0.1, -0.05) is 0 Å². The maximum absolute atomic E-state index is 12.7. The third-order valence-electron chi connectivity index (χ3n) is 4.99. The molecule has 0 radical (unpaired) electrons. The molecule has 0 spiro atoms. The van der Waals surface area contributed by atoms with Crippen molar-refractivity contribution < 1.29 is 28.4 Å². The molecule has 0 saturated carbocycles. The lowest BCUT2D eigenvalue weighted by Crippen LogP contribution is -2.30. The number of benzene rings is 1. The van der Waals surface area contributed by atoms with E-state index in [-0.39, 0.29) is 17.1 Å². The van der Waals surface area contributed by atoms with Crippen LogP contribution in [-0.2, 0) is 16.1 Å². The highest BCUT2D eigenvalue weighted by Gasteiger charge is 2.24. The molecule has 1 atom stereocenters. The van der Waals surface area contributed by atoms with Gasteiger partial charge in [0, 0.05) is 23.5 Å². The van der Waals surface area contributed by atoms with Crippen molar-refractivity contribution in [2.45, 2.75) is 33.4 Å². The van der Waals surface area contributed by atoms with Gasteiger partial charge in [-0.25, -0.2) is 4.79 Å². The summed E-state index contributed by atoms with van der Waals surface area (Å²) >= 11 is 0. The zero-order chi connectivity index (χ0) is 23.4. The maximum atomic E-state index is 12.7. The number of carbonyl (C=O) groups is 2. The van der Waals surface area contributed by atoms with Gasteiger partial charge in [-0.05, 0) is 45.0 Å². The lowest BCUT2D eigenvalue weighted by Gasteiger charge is -2.15. The van der Waals surface area contributed by atoms with E-state index in [1.54, 1.807) is 25.3 Å². The summed E-state index contributed by atoms with van der Waals surface area (Å²) in [5.74, 6) is -0.326. The van der Waals surface area contributed by atoms with Crippen LogP contribution in [0.15, 0.2) is 47.1 Å². The molecule has 1 aromatic carbocycles. The smallest absolute Gasteiger partial charge is 0.340 e. The summed E-state index contributed by atoms with van der Waals surface area (Å²) in [4.78, 5) is 35.7. The largest absolute Gasteiger partial charge is 0.495 e. The number of non-ortho nitro benzene ring substituents is 1. The monoisotopic (exact) mass is 441 g/mol. The second-order valence-electron chi connectivity index (χ2n) is 7.13. The molecule has 1 unspecified atom stereocenters. The van der Waals surface area contributed by atoms with Crippen LogP contribution in [0.5, 0.6) is 5.75 Å². The third kappa shape index (κ3) is 4.80. The van der Waals surface area contributed by atoms with Crippen molar-refractivity contribution >= 4 is 23.3 Å². The predicted octanol–water partition coefficient (Wildman–Crippen LogP) is 3.85. The van der Waals surface area contributed by atoms with E-state index in [4.69, 9.17) is 13.9 Å². The second-order valence-corrected chi connectivity index (χ2v) is 7.13. The Morgan fingerprint density at radius 1 is 1.25 bits per heavy atom. The van der Waals surface area contributed by atoms with E-state index >= 15 is 0 Å². The van der Waals surface area contributed by atoms with Gasteiger partial charge >= 0.3 is 5.97 Å². The Bertz CT molecular complexity index is 1150. The SMILES string of the molecule is COc1ccc([N+](=O)[O-])cc1NC(=O)C(C)OC(=O)c1cc(C)n(Cc2ccco2)c1C. The van der Waals surface area contributed by atoms with Gasteiger partial charge in [0.2, 0.25) is 0 Å². The molecule has 0 aliphatic carbocycles. The van der Waals surface area contributed by atoms with Crippen LogP contribution in [0, 0.1) is 24.0 Å². The molecule has 10 heteroatoms. The van der Waals surface area contributed by atoms with Crippen molar-refractivity contribution in [2.75, 3.05) is 12.4 Å². The van der Waals surface area contributed by atoms with Gasteiger partial charge in [0.05, 0.1) is 36.1 Å². The summed E-state index contributed by atoms with van der Waals surface area (Å²) in [5.41, 5.74) is 1.74. The van der Waals surface area contributed by atoms with Crippen molar-refractivity contribution in [3.8, 4) is 5.75 Å². The Morgan fingerprint density at radius 2 is 2.00 bits per heavy atom. The number of aryl methyl sites for hydroxylation is 1. The molecule has 0 aliphatic heterocycles. The molecule has 1 amide bonds. The highest BCUT2D eigenvalue weighted by atomic mass is 16.6. The standard InChI is InChI=1S/C22H23N3O7/c1-13-10-18(14(2)24(13)12-17-6-5-9-31-17)22(27)32-15(3)21(26)23-19-11-16(25(28)29)7-8-20(19)30-4/h5-11,15H,12H2,1-4H3,(H,23,26). The first-order valence-corrected chi connectivity index (χ1v) is 9.74. The molecule has 168 valence electrons. The number of amides is 1. The van der Waals surface area contributed by atoms with Crippen LogP contribution >= 0.6 is 0 Å². The molecule has 2 aromatic heterocycles. The van der Waals surface area contributed by atoms with Crippen molar-refractivity contribution in [1.82, 2.24) is 4.57 Å². The zero-order valence-corrected chi connectivity index (χ0v) is 18.1. The van der Waals surface area contributed by atoms with E-state index in [0.717, 1.165) is 11.5 Å². The number of furan rings is 1. The van der Waals surface area contributed by atoms with Crippen LogP contribution in [0.2, 0.25) is 0 Å². The van der Waals surface area contributed by atoms with E-state index < -0.39 is 22.9 Å². The maximum Gasteiger partial charge on any atom is 0.340 e. The number of hydrogen-bond donors (Lipinski definition) is 1. The Labute approximate surface area is 183 Å². The number of nitro groups is 1. The summed E-state index contributed by atoms with van der Waals surface area (Å²) in [5, 5.41) is 13.5. The van der Waals surface area contributed by atoms with Crippen LogP contribution in [0.4, 0.5) is 11.4 Å². The molecule has 2 heterocycles. The molecule has 0 saturated heterocycles. The molecule has 0 aliphatic rings. The molecule has 10 nitrogen and oxygen atoms in total. The van der Waals surface area contributed by atoms with Crippen molar-refractivity contribution in [1.29, 1.82) is 0 Å². The summed E-state index contributed by atoms with van der Waals surface area (Å²) in [6.07, 6.45) is 0.426. The van der Waals surface area contributed by atoms with Crippen LogP contribution < -0.4 is 10.1 Å². The number of aromatic nitrogens is 1. The summed E-state index contributed by atoms with van der Waals surface area (Å²) in [6.45, 7) is 5.52. The van der Waals surface area contributed by atoms with Crippen LogP contribution in [0.1, 0.15) is 34.4 Å². The lowest BCUT2D eigenvalue weighted by molar-refractivity contribution is -0.384. The number of esters is 1. The van der Waals surface area contributed by atoms with Crippen LogP contribution in [0.25, 0.3) is 0 Å². The van der Waals surface area contributed by atoms with E-state index in [1.165, 1.54) is 32.2 Å². The molecular formula is C22H23N3O7. The number of ether oxygens (including phenoxy) is 2. The topological polar surface area (TPSA) is 126 Å². The van der Waals surface area contributed by atoms with E-state index in [1.807, 2.05) is 17.6 Å². The quantitative estimate of drug-likeness (QED) is 0.320. The Morgan fingerprint density at radius 3 is 2.62 bits per heavy atom. The van der Waals surface area contributed by atoms with Crippen molar-refractivity contribution in [3.63, 3.8) is 0 Å². The molecular weight excluding hydrogens is 418 g/mol. The Kier molecular flexibility index (Phi) is 6.62. The molecule has 3 rings (SSSR count). The van der Waals surface area contributed by atoms with Crippen molar-refractivity contribution in [3.05, 3.63) is 75.5 Å². The molecule has 3 aromatic rings. The van der Waals surface area contributed by atoms with Gasteiger partial charge in [-0.15, -0.1) is 0 Å². The molecule has 1 N–H and O–H groups in total. The van der Waals surface area contributed by atoms with Gasteiger partial charge in [0.15, 0.2) is 6.10 Å². The first kappa shape index (κ1) is 22.6. The minimum atomic E-state index is -1.15. The lowest BCUT2D eigenvalue weighted by atomic mass is 10.2. The number of rotatable bonds is 8. The highest BCUT2D eigenvalue weighted by Crippen LogP contribution is 2.29. The minimum absolute atomic E-state index is 0.103. The van der Waals surface area contributed by atoms with Gasteiger partial charge in [-0.3, -0.25) is 14.9 Å². The van der Waals surface area contributed by atoms with Crippen LogP contribution in [0.3, 0.4) is 0 Å². The summed E-state index contributed by atoms with van der Waals surface area (Å²) < 4.78 is 17.8. The molecule has 32 heavy (non-hydrogen) atoms. The van der Waals surface area contributed by atoms with E-state index in [0.29, 0.717) is 17.8 Å². The summed E-state index contributed by atoms with van der Waals surface area (Å²) in [7, 11) is 1.37. The van der Waals surface area contributed by atoms with Gasteiger partial charge in [0.1, 0.15) is 11.5 Å². The first-order valence-electron chi connectivity index (χ1n) is 9.74. The fourth-order valence-corrected chi connectivity index (χ4v) is 3.23. The number of carbonyl (C=O) groups excluding carboxylic acids is 2. The fourth-order valence-electron chi connectivity index (χ4n) is 3.23. The molecule has 0 bridgehead atoms. The number of nitrogens with zero attached hydrogens (tertiary/aromatic N) is 2. The number of methoxy groups -OCH3 is 1. The minimum Gasteiger partial charge on any atom is -0.495 e. The Hall–Kier alpha value is -4.08. The fraction of sp³-hybridized carbons (Fsp3) is 0.273.